The zero-order valence-corrected chi connectivity index (χ0v) is 18.2. The lowest BCUT2D eigenvalue weighted by Crippen LogP contribution is -2.48. The number of nitrogens with zero attached hydrogens (tertiary/aromatic N) is 3. The molecule has 0 aliphatic carbocycles. The van der Waals surface area contributed by atoms with Gasteiger partial charge in [-0.25, -0.2) is 13.1 Å². The van der Waals surface area contributed by atoms with Gasteiger partial charge in [0.05, 0.1) is 9.82 Å². The second-order valence-electron chi connectivity index (χ2n) is 7.33. The summed E-state index contributed by atoms with van der Waals surface area (Å²) in [5.74, 6) is -0.214. The summed E-state index contributed by atoms with van der Waals surface area (Å²) >= 11 is 0. The monoisotopic (exact) mass is 446 g/mol. The molecule has 3 rings (SSSR count). The Kier molecular flexibility index (Phi) is 7.24. The smallest absolute Gasteiger partial charge is 0.269 e. The molecule has 2 aromatic rings. The molecular formula is C21H26N4O5S. The van der Waals surface area contributed by atoms with Crippen molar-refractivity contribution in [3.05, 3.63) is 64.2 Å². The fraction of sp³-hybridized carbons (Fsp3) is 0.381. The van der Waals surface area contributed by atoms with Crippen molar-refractivity contribution in [1.29, 1.82) is 0 Å². The highest BCUT2D eigenvalue weighted by Crippen LogP contribution is 2.21. The molecule has 0 unspecified atom stereocenters. The van der Waals surface area contributed by atoms with Crippen LogP contribution >= 0.6 is 0 Å². The molecule has 0 radical (unpaired) electrons. The van der Waals surface area contributed by atoms with Crippen LogP contribution in [0.4, 0.5) is 11.4 Å². The van der Waals surface area contributed by atoms with E-state index in [9.17, 15) is 23.3 Å². The molecule has 31 heavy (non-hydrogen) atoms. The van der Waals surface area contributed by atoms with Crippen molar-refractivity contribution in [2.45, 2.75) is 24.7 Å². The van der Waals surface area contributed by atoms with Crippen molar-refractivity contribution in [2.75, 3.05) is 37.6 Å². The molecule has 1 amide bonds. The first kappa shape index (κ1) is 22.7. The summed E-state index contributed by atoms with van der Waals surface area (Å²) in [4.78, 5) is 27.1. The van der Waals surface area contributed by atoms with Crippen LogP contribution in [0.5, 0.6) is 0 Å². The van der Waals surface area contributed by atoms with Gasteiger partial charge in [0.15, 0.2) is 0 Å². The van der Waals surface area contributed by atoms with Crippen LogP contribution in [0.3, 0.4) is 0 Å². The number of hydrogen-bond donors (Lipinski definition) is 1. The number of non-ortho nitro benzene ring substituents is 1. The Morgan fingerprint density at radius 3 is 2.39 bits per heavy atom. The van der Waals surface area contributed by atoms with E-state index in [1.165, 1.54) is 24.3 Å². The van der Waals surface area contributed by atoms with Gasteiger partial charge in [0.25, 0.3) is 11.6 Å². The number of piperazine rings is 1. The van der Waals surface area contributed by atoms with E-state index in [0.717, 1.165) is 18.5 Å². The Balaban J connectivity index is 1.63. The highest BCUT2D eigenvalue weighted by atomic mass is 32.2. The Morgan fingerprint density at radius 2 is 1.77 bits per heavy atom. The number of anilines is 1. The van der Waals surface area contributed by atoms with Crippen molar-refractivity contribution in [3.8, 4) is 0 Å². The summed E-state index contributed by atoms with van der Waals surface area (Å²) in [6, 6.07) is 12.4. The lowest BCUT2D eigenvalue weighted by Gasteiger charge is -2.36. The third-order valence-corrected chi connectivity index (χ3v) is 6.66. The van der Waals surface area contributed by atoms with Gasteiger partial charge < -0.3 is 9.80 Å². The first-order valence-corrected chi connectivity index (χ1v) is 11.7. The second kappa shape index (κ2) is 9.88. The third kappa shape index (κ3) is 5.59. The normalized spacial score (nSPS) is 14.5. The van der Waals surface area contributed by atoms with Crippen molar-refractivity contribution >= 4 is 27.3 Å². The summed E-state index contributed by atoms with van der Waals surface area (Å²) < 4.78 is 27.4. The van der Waals surface area contributed by atoms with Crippen molar-refractivity contribution < 1.29 is 18.1 Å². The van der Waals surface area contributed by atoms with Crippen LogP contribution in [-0.4, -0.2) is 56.9 Å². The maximum atomic E-state index is 12.9. The van der Waals surface area contributed by atoms with E-state index in [-0.39, 0.29) is 16.5 Å². The van der Waals surface area contributed by atoms with Crippen molar-refractivity contribution in [2.24, 2.45) is 0 Å². The van der Waals surface area contributed by atoms with Gasteiger partial charge in [0.1, 0.15) is 0 Å². The fourth-order valence-electron chi connectivity index (χ4n) is 3.40. The molecule has 0 bridgehead atoms. The van der Waals surface area contributed by atoms with E-state index < -0.39 is 14.9 Å². The average molecular weight is 447 g/mol. The van der Waals surface area contributed by atoms with E-state index in [2.05, 4.69) is 9.62 Å². The minimum absolute atomic E-state index is 0.0385. The summed E-state index contributed by atoms with van der Waals surface area (Å²) in [5.41, 5.74) is 1.24. The Labute approximate surface area is 181 Å². The van der Waals surface area contributed by atoms with Gasteiger partial charge in [-0.1, -0.05) is 19.4 Å². The molecule has 0 saturated carbocycles. The Morgan fingerprint density at radius 1 is 1.10 bits per heavy atom. The summed E-state index contributed by atoms with van der Waals surface area (Å²) in [6.07, 6.45) is 1.63. The number of sulfonamides is 1. The number of carbonyl (C=O) groups is 1. The SMILES string of the molecule is CCCCNS(=O)(=O)c1cccc(C(=O)N2CCN(c3ccc([N+](=O)[O-])cc3)CC2)c1. The summed E-state index contributed by atoms with van der Waals surface area (Å²) in [7, 11) is -3.65. The largest absolute Gasteiger partial charge is 0.368 e. The van der Waals surface area contributed by atoms with Crippen molar-refractivity contribution in [3.63, 3.8) is 0 Å². The van der Waals surface area contributed by atoms with E-state index in [4.69, 9.17) is 0 Å². The number of rotatable bonds is 8. The van der Waals surface area contributed by atoms with Crippen LogP contribution < -0.4 is 9.62 Å². The second-order valence-corrected chi connectivity index (χ2v) is 9.10. The highest BCUT2D eigenvalue weighted by molar-refractivity contribution is 7.89. The van der Waals surface area contributed by atoms with E-state index in [0.29, 0.717) is 38.3 Å². The van der Waals surface area contributed by atoms with Gasteiger partial charge in [-0.15, -0.1) is 0 Å². The zero-order chi connectivity index (χ0) is 22.4. The number of carbonyl (C=O) groups excluding carboxylic acids is 1. The van der Waals surface area contributed by atoms with Gasteiger partial charge in [-0.05, 0) is 36.8 Å². The first-order chi connectivity index (χ1) is 14.8. The predicted molar refractivity (Wildman–Crippen MR) is 118 cm³/mol. The fourth-order valence-corrected chi connectivity index (χ4v) is 4.52. The van der Waals surface area contributed by atoms with E-state index in [1.807, 2.05) is 6.92 Å². The van der Waals surface area contributed by atoms with Crippen LogP contribution in [0.2, 0.25) is 0 Å². The Bertz CT molecular complexity index is 1030. The molecule has 1 aliphatic heterocycles. The lowest BCUT2D eigenvalue weighted by atomic mass is 10.1. The quantitative estimate of drug-likeness (QED) is 0.379. The number of unbranched alkanes of at least 4 members (excludes halogenated alkanes) is 1. The number of nitro benzene ring substituents is 1. The molecule has 9 nitrogen and oxygen atoms in total. The van der Waals surface area contributed by atoms with Crippen LogP contribution in [0.25, 0.3) is 0 Å². The summed E-state index contributed by atoms with van der Waals surface area (Å²) in [5, 5.41) is 10.8. The maximum Gasteiger partial charge on any atom is 0.269 e. The highest BCUT2D eigenvalue weighted by Gasteiger charge is 2.24. The number of nitrogens with one attached hydrogen (secondary N) is 1. The number of benzene rings is 2. The molecule has 166 valence electrons. The van der Waals surface area contributed by atoms with Crippen LogP contribution in [0.15, 0.2) is 53.4 Å². The summed E-state index contributed by atoms with van der Waals surface area (Å²) in [6.45, 7) is 4.46. The van der Waals surface area contributed by atoms with Gasteiger partial charge in [-0.2, -0.15) is 0 Å². The van der Waals surface area contributed by atoms with Gasteiger partial charge in [0, 0.05) is 56.1 Å². The topological polar surface area (TPSA) is 113 Å². The standard InChI is InChI=1S/C21H26N4O5S/c1-2-3-11-22-31(29,30)20-6-4-5-17(16-20)21(26)24-14-12-23(13-15-24)18-7-9-19(10-8-18)25(27)28/h4-10,16,22H,2-3,11-15H2,1H3. The van der Waals surface area contributed by atoms with Crippen LogP contribution in [0, 0.1) is 10.1 Å². The minimum atomic E-state index is -3.65. The average Bonchev–Trinajstić information content (AvgIpc) is 2.79. The molecule has 1 saturated heterocycles. The minimum Gasteiger partial charge on any atom is -0.368 e. The molecule has 0 aromatic heterocycles. The molecule has 1 fully saturated rings. The van der Waals surface area contributed by atoms with Crippen LogP contribution in [0.1, 0.15) is 30.1 Å². The lowest BCUT2D eigenvalue weighted by molar-refractivity contribution is -0.384. The molecule has 0 atom stereocenters. The molecule has 1 aliphatic rings. The molecule has 0 spiro atoms. The van der Waals surface area contributed by atoms with Gasteiger partial charge >= 0.3 is 0 Å². The number of amides is 1. The number of nitro groups is 1. The Hall–Kier alpha value is -2.98. The molecular weight excluding hydrogens is 420 g/mol. The number of hydrogen-bond acceptors (Lipinski definition) is 6. The van der Waals surface area contributed by atoms with E-state index in [1.54, 1.807) is 29.2 Å². The van der Waals surface area contributed by atoms with Gasteiger partial charge in [-0.3, -0.25) is 14.9 Å². The predicted octanol–water partition coefficient (Wildman–Crippen LogP) is 2.64. The first-order valence-electron chi connectivity index (χ1n) is 10.2. The van der Waals surface area contributed by atoms with Crippen molar-refractivity contribution in [1.82, 2.24) is 9.62 Å². The molecule has 1 N–H and O–H groups in total. The third-order valence-electron chi connectivity index (χ3n) is 5.21. The van der Waals surface area contributed by atoms with E-state index >= 15 is 0 Å². The maximum absolute atomic E-state index is 12.9. The molecule has 10 heteroatoms. The molecule has 2 aromatic carbocycles. The van der Waals surface area contributed by atoms with Crippen LogP contribution in [-0.2, 0) is 10.0 Å². The zero-order valence-electron chi connectivity index (χ0n) is 17.4. The molecule has 1 heterocycles. The van der Waals surface area contributed by atoms with Gasteiger partial charge in [0.2, 0.25) is 10.0 Å².